The molecule has 4 rings (SSSR count). The lowest BCUT2D eigenvalue weighted by Gasteiger charge is -2.46. The van der Waals surface area contributed by atoms with Gasteiger partial charge in [-0.25, -0.2) is 4.98 Å². The number of imidazole rings is 1. The standard InChI is InChI=1S/C24H30N4O/c1-15-7-6-8-19-20(15)27-21(26-19)16-9-11-17(12-10-16)22(29)25-18-13-23(2,3)28-24(4,5)14-18/h6-12,18,28H,13-14H2,1-5H3,(H,25,29)(H,26,27). The number of nitrogens with one attached hydrogen (secondary N) is 3. The summed E-state index contributed by atoms with van der Waals surface area (Å²) in [6, 6.07) is 13.9. The predicted molar refractivity (Wildman–Crippen MR) is 118 cm³/mol. The summed E-state index contributed by atoms with van der Waals surface area (Å²) < 4.78 is 0. The minimum absolute atomic E-state index is 0.00295. The highest BCUT2D eigenvalue weighted by Gasteiger charge is 2.38. The smallest absolute Gasteiger partial charge is 0.251 e. The zero-order valence-corrected chi connectivity index (χ0v) is 17.9. The van der Waals surface area contributed by atoms with Gasteiger partial charge in [-0.1, -0.05) is 24.3 Å². The number of aromatic amines is 1. The molecule has 1 aromatic heterocycles. The molecule has 2 heterocycles. The number of rotatable bonds is 3. The average molecular weight is 391 g/mol. The quantitative estimate of drug-likeness (QED) is 0.613. The molecule has 0 spiro atoms. The van der Waals surface area contributed by atoms with E-state index in [2.05, 4.69) is 56.3 Å². The first kappa shape index (κ1) is 19.6. The minimum atomic E-state index is -0.0181. The molecule has 1 aliphatic rings. The number of benzene rings is 2. The van der Waals surface area contributed by atoms with Crippen LogP contribution in [0.1, 0.15) is 56.5 Å². The number of H-pyrrole nitrogens is 1. The summed E-state index contributed by atoms with van der Waals surface area (Å²) in [5.41, 5.74) is 4.81. The third kappa shape index (κ3) is 4.20. The number of aromatic nitrogens is 2. The van der Waals surface area contributed by atoms with Crippen LogP contribution in [0.25, 0.3) is 22.4 Å². The zero-order valence-electron chi connectivity index (χ0n) is 17.9. The molecule has 3 aromatic rings. The fourth-order valence-electron chi connectivity index (χ4n) is 4.78. The Morgan fingerprint density at radius 2 is 1.69 bits per heavy atom. The Morgan fingerprint density at radius 1 is 1.03 bits per heavy atom. The van der Waals surface area contributed by atoms with Crippen molar-refractivity contribution in [3.63, 3.8) is 0 Å². The van der Waals surface area contributed by atoms with Crippen molar-refractivity contribution in [3.8, 4) is 11.4 Å². The molecular weight excluding hydrogens is 360 g/mol. The van der Waals surface area contributed by atoms with Crippen LogP contribution in [-0.2, 0) is 0 Å². The Labute approximate surface area is 172 Å². The van der Waals surface area contributed by atoms with Crippen LogP contribution < -0.4 is 10.6 Å². The molecule has 0 bridgehead atoms. The van der Waals surface area contributed by atoms with Gasteiger partial charge >= 0.3 is 0 Å². The molecule has 1 aliphatic heterocycles. The first-order valence-electron chi connectivity index (χ1n) is 10.3. The zero-order chi connectivity index (χ0) is 20.8. The summed E-state index contributed by atoms with van der Waals surface area (Å²) in [4.78, 5) is 20.9. The van der Waals surface area contributed by atoms with E-state index < -0.39 is 0 Å². The Kier molecular flexibility index (Phi) is 4.74. The molecule has 152 valence electrons. The summed E-state index contributed by atoms with van der Waals surface area (Å²) in [5.74, 6) is 0.804. The van der Waals surface area contributed by atoms with E-state index >= 15 is 0 Å². The van der Waals surface area contributed by atoms with Gasteiger partial charge in [-0.2, -0.15) is 0 Å². The van der Waals surface area contributed by atoms with Crippen LogP contribution in [0.5, 0.6) is 0 Å². The van der Waals surface area contributed by atoms with Crippen LogP contribution in [0.2, 0.25) is 0 Å². The van der Waals surface area contributed by atoms with E-state index in [-0.39, 0.29) is 23.0 Å². The van der Waals surface area contributed by atoms with Gasteiger partial charge in [0.25, 0.3) is 5.91 Å². The second-order valence-corrected chi connectivity index (χ2v) is 9.61. The molecule has 29 heavy (non-hydrogen) atoms. The van der Waals surface area contributed by atoms with Crippen molar-refractivity contribution in [2.24, 2.45) is 0 Å². The second kappa shape index (κ2) is 6.99. The van der Waals surface area contributed by atoms with Crippen molar-refractivity contribution in [3.05, 3.63) is 53.6 Å². The van der Waals surface area contributed by atoms with Crippen LogP contribution in [0.3, 0.4) is 0 Å². The highest BCUT2D eigenvalue weighted by atomic mass is 16.1. The SMILES string of the molecule is Cc1cccc2[nH]c(-c3ccc(C(=O)NC4CC(C)(C)NC(C)(C)C4)cc3)nc12. The van der Waals surface area contributed by atoms with Crippen LogP contribution in [0, 0.1) is 6.92 Å². The fourth-order valence-corrected chi connectivity index (χ4v) is 4.78. The van der Waals surface area contributed by atoms with Gasteiger partial charge in [0.1, 0.15) is 5.82 Å². The number of para-hydroxylation sites is 1. The summed E-state index contributed by atoms with van der Waals surface area (Å²) >= 11 is 0. The van der Waals surface area contributed by atoms with E-state index in [1.807, 2.05) is 36.4 Å². The van der Waals surface area contributed by atoms with Gasteiger partial charge in [0.05, 0.1) is 11.0 Å². The van der Waals surface area contributed by atoms with Crippen molar-refractivity contribution in [2.75, 3.05) is 0 Å². The Morgan fingerprint density at radius 3 is 2.31 bits per heavy atom. The number of amides is 1. The van der Waals surface area contributed by atoms with E-state index in [9.17, 15) is 4.79 Å². The summed E-state index contributed by atoms with van der Waals surface area (Å²) in [7, 11) is 0. The number of hydrogen-bond donors (Lipinski definition) is 3. The van der Waals surface area contributed by atoms with Gasteiger partial charge in [0.15, 0.2) is 0 Å². The van der Waals surface area contributed by atoms with Gasteiger partial charge in [-0.05, 0) is 71.2 Å². The van der Waals surface area contributed by atoms with Crippen molar-refractivity contribution in [1.82, 2.24) is 20.6 Å². The van der Waals surface area contributed by atoms with Crippen LogP contribution in [-0.4, -0.2) is 33.0 Å². The molecule has 0 atom stereocenters. The highest BCUT2D eigenvalue weighted by Crippen LogP contribution is 2.29. The van der Waals surface area contributed by atoms with Crippen molar-refractivity contribution in [2.45, 2.75) is 64.6 Å². The molecule has 0 radical (unpaired) electrons. The molecule has 2 aromatic carbocycles. The number of nitrogens with zero attached hydrogens (tertiary/aromatic N) is 1. The van der Waals surface area contributed by atoms with E-state index in [4.69, 9.17) is 4.98 Å². The number of hydrogen-bond acceptors (Lipinski definition) is 3. The van der Waals surface area contributed by atoms with E-state index in [0.29, 0.717) is 5.56 Å². The van der Waals surface area contributed by atoms with Crippen molar-refractivity contribution >= 4 is 16.9 Å². The number of piperidine rings is 1. The molecule has 5 heteroatoms. The maximum Gasteiger partial charge on any atom is 0.251 e. The van der Waals surface area contributed by atoms with E-state index in [0.717, 1.165) is 40.8 Å². The lowest BCUT2D eigenvalue weighted by molar-refractivity contribution is 0.0873. The summed E-state index contributed by atoms with van der Waals surface area (Å²) in [5, 5.41) is 6.89. The summed E-state index contributed by atoms with van der Waals surface area (Å²) in [6.07, 6.45) is 1.83. The maximum atomic E-state index is 12.8. The largest absolute Gasteiger partial charge is 0.349 e. The molecule has 0 saturated carbocycles. The topological polar surface area (TPSA) is 69.8 Å². The first-order chi connectivity index (χ1) is 13.6. The molecule has 1 saturated heterocycles. The Bertz CT molecular complexity index is 1030. The molecule has 0 unspecified atom stereocenters. The van der Waals surface area contributed by atoms with Crippen LogP contribution in [0.15, 0.2) is 42.5 Å². The predicted octanol–water partition coefficient (Wildman–Crippen LogP) is 4.58. The van der Waals surface area contributed by atoms with Crippen LogP contribution in [0.4, 0.5) is 0 Å². The fraction of sp³-hybridized carbons (Fsp3) is 0.417. The molecule has 1 amide bonds. The lowest BCUT2D eigenvalue weighted by atomic mass is 9.79. The second-order valence-electron chi connectivity index (χ2n) is 9.61. The van der Waals surface area contributed by atoms with Gasteiger partial charge in [-0.3, -0.25) is 4.79 Å². The van der Waals surface area contributed by atoms with Gasteiger partial charge < -0.3 is 15.6 Å². The van der Waals surface area contributed by atoms with Crippen molar-refractivity contribution < 1.29 is 4.79 Å². The van der Waals surface area contributed by atoms with Gasteiger partial charge in [0.2, 0.25) is 0 Å². The normalized spacial score (nSPS) is 18.7. The Hall–Kier alpha value is -2.66. The third-order valence-electron chi connectivity index (χ3n) is 5.66. The van der Waals surface area contributed by atoms with Crippen molar-refractivity contribution in [1.29, 1.82) is 0 Å². The molecule has 3 N–H and O–H groups in total. The number of carbonyl (C=O) groups excluding carboxylic acids is 1. The lowest BCUT2D eigenvalue weighted by Crippen LogP contribution is -2.62. The monoisotopic (exact) mass is 390 g/mol. The van der Waals surface area contributed by atoms with E-state index in [1.54, 1.807) is 0 Å². The summed E-state index contributed by atoms with van der Waals surface area (Å²) in [6.45, 7) is 10.8. The van der Waals surface area contributed by atoms with Gasteiger partial charge in [-0.15, -0.1) is 0 Å². The third-order valence-corrected chi connectivity index (χ3v) is 5.66. The molecule has 0 aliphatic carbocycles. The molecular formula is C24H30N4O. The molecule has 1 fully saturated rings. The number of aryl methyl sites for hydroxylation is 1. The van der Waals surface area contributed by atoms with E-state index in [1.165, 1.54) is 0 Å². The maximum absolute atomic E-state index is 12.8. The highest BCUT2D eigenvalue weighted by molar-refractivity contribution is 5.95. The minimum Gasteiger partial charge on any atom is -0.349 e. The number of fused-ring (bicyclic) bond motifs is 1. The van der Waals surface area contributed by atoms with Crippen LogP contribution >= 0.6 is 0 Å². The Balaban J connectivity index is 1.50. The average Bonchev–Trinajstić information content (AvgIpc) is 3.05. The molecule has 5 nitrogen and oxygen atoms in total. The van der Waals surface area contributed by atoms with Gasteiger partial charge in [0, 0.05) is 28.2 Å². The first-order valence-corrected chi connectivity index (χ1v) is 10.3. The number of carbonyl (C=O) groups is 1.